The molecular formula is C21H24N4O5S. The van der Waals surface area contributed by atoms with Gasteiger partial charge < -0.3 is 25.5 Å². The number of nitrogens with two attached hydrogens (primary N) is 1. The average Bonchev–Trinajstić information content (AvgIpc) is 3.10. The van der Waals surface area contributed by atoms with Crippen LogP contribution < -0.4 is 15.8 Å². The first kappa shape index (κ1) is 21.0. The second-order valence-corrected chi connectivity index (χ2v) is 9.02. The molecule has 2 heterocycles. The zero-order valence-electron chi connectivity index (χ0n) is 16.8. The van der Waals surface area contributed by atoms with Gasteiger partial charge in [0.2, 0.25) is 0 Å². The van der Waals surface area contributed by atoms with Gasteiger partial charge in [0.25, 0.3) is 15.9 Å². The number of aryl methyl sites for hydroxylation is 1. The molecule has 3 aromatic rings. The average molecular weight is 445 g/mol. The van der Waals surface area contributed by atoms with E-state index in [4.69, 9.17) is 10.5 Å². The molecule has 4 rings (SSSR count). The molecule has 2 bridgehead atoms. The molecule has 0 spiro atoms. The van der Waals surface area contributed by atoms with E-state index in [0.29, 0.717) is 25.4 Å². The monoisotopic (exact) mass is 444 g/mol. The van der Waals surface area contributed by atoms with Crippen molar-refractivity contribution < 1.29 is 23.1 Å². The Morgan fingerprint density at radius 3 is 2.77 bits per heavy atom. The van der Waals surface area contributed by atoms with Gasteiger partial charge in [-0.1, -0.05) is 6.07 Å². The van der Waals surface area contributed by atoms with Crippen molar-refractivity contribution in [2.75, 3.05) is 29.8 Å². The van der Waals surface area contributed by atoms with Crippen LogP contribution in [0.2, 0.25) is 0 Å². The number of carbonyl (C=O) groups excluding carboxylic acids is 1. The molecule has 2 aromatic carbocycles. The first-order valence-electron chi connectivity index (χ1n) is 9.95. The maximum Gasteiger partial charge on any atom is 0.263 e. The van der Waals surface area contributed by atoms with Gasteiger partial charge in [0.15, 0.2) is 0 Å². The van der Waals surface area contributed by atoms with Crippen molar-refractivity contribution in [3.05, 3.63) is 48.2 Å². The van der Waals surface area contributed by atoms with Crippen LogP contribution in [0.3, 0.4) is 0 Å². The highest BCUT2D eigenvalue weighted by Crippen LogP contribution is 2.32. The van der Waals surface area contributed by atoms with E-state index in [1.165, 1.54) is 6.07 Å². The fraction of sp³-hybridized carbons (Fsp3) is 0.286. The number of fused-ring (bicyclic) bond motifs is 2. The number of nitrogens with zero attached hydrogens (tertiary/aromatic N) is 1. The van der Waals surface area contributed by atoms with E-state index in [2.05, 4.69) is 14.6 Å². The number of aromatic nitrogens is 1. The number of amides is 1. The molecule has 0 saturated heterocycles. The molecule has 5 N–H and O–H groups in total. The third-order valence-electron chi connectivity index (χ3n) is 5.18. The number of rotatable bonds is 1. The Balaban J connectivity index is 1.80. The molecule has 1 aliphatic heterocycles. The summed E-state index contributed by atoms with van der Waals surface area (Å²) >= 11 is 0. The number of nitrogens with one attached hydrogen (secondary N) is 2. The van der Waals surface area contributed by atoms with Gasteiger partial charge in [-0.15, -0.1) is 0 Å². The van der Waals surface area contributed by atoms with Crippen molar-refractivity contribution in [2.45, 2.75) is 24.3 Å². The summed E-state index contributed by atoms with van der Waals surface area (Å²) in [6.07, 6.45) is 3.80. The lowest BCUT2D eigenvalue weighted by Crippen LogP contribution is -2.19. The van der Waals surface area contributed by atoms with Crippen LogP contribution in [-0.2, 0) is 21.3 Å². The number of carbonyl (C=O) groups is 1. The minimum absolute atomic E-state index is 0.148. The van der Waals surface area contributed by atoms with Crippen molar-refractivity contribution in [1.82, 2.24) is 4.57 Å². The Labute approximate surface area is 179 Å². The predicted molar refractivity (Wildman–Crippen MR) is 118 cm³/mol. The van der Waals surface area contributed by atoms with Crippen LogP contribution in [-0.4, -0.2) is 43.8 Å². The number of aromatic hydroxyl groups is 1. The molecule has 9 nitrogen and oxygen atoms in total. The molecule has 31 heavy (non-hydrogen) atoms. The Morgan fingerprint density at radius 2 is 1.97 bits per heavy atom. The van der Waals surface area contributed by atoms with E-state index in [-0.39, 0.29) is 16.1 Å². The van der Waals surface area contributed by atoms with Crippen molar-refractivity contribution in [3.63, 3.8) is 0 Å². The van der Waals surface area contributed by atoms with Gasteiger partial charge in [-0.3, -0.25) is 9.52 Å². The highest BCUT2D eigenvalue weighted by molar-refractivity contribution is 7.92. The van der Waals surface area contributed by atoms with Gasteiger partial charge in [-0.05, 0) is 42.5 Å². The van der Waals surface area contributed by atoms with Gasteiger partial charge in [0.1, 0.15) is 10.6 Å². The van der Waals surface area contributed by atoms with E-state index >= 15 is 0 Å². The van der Waals surface area contributed by atoms with Crippen LogP contribution in [0, 0.1) is 0 Å². The van der Waals surface area contributed by atoms with E-state index < -0.39 is 21.7 Å². The topological polar surface area (TPSA) is 136 Å². The second-order valence-electron chi connectivity index (χ2n) is 7.36. The smallest absolute Gasteiger partial charge is 0.263 e. The number of hydrogen-bond acceptors (Lipinski definition) is 6. The van der Waals surface area contributed by atoms with Gasteiger partial charge in [0.05, 0.1) is 29.1 Å². The molecule has 0 saturated carbocycles. The normalized spacial score (nSPS) is 16.9. The van der Waals surface area contributed by atoms with Crippen molar-refractivity contribution >= 4 is 38.2 Å². The van der Waals surface area contributed by atoms with Crippen molar-refractivity contribution in [2.24, 2.45) is 5.73 Å². The van der Waals surface area contributed by atoms with Gasteiger partial charge in [0, 0.05) is 32.0 Å². The Morgan fingerprint density at radius 1 is 1.13 bits per heavy atom. The molecule has 0 atom stereocenters. The van der Waals surface area contributed by atoms with Gasteiger partial charge >= 0.3 is 0 Å². The number of phenols is 1. The van der Waals surface area contributed by atoms with Gasteiger partial charge in [-0.25, -0.2) is 8.42 Å². The molecule has 0 unspecified atom stereocenters. The largest absolute Gasteiger partial charge is 0.507 e. The summed E-state index contributed by atoms with van der Waals surface area (Å²) in [5.41, 5.74) is 6.48. The van der Waals surface area contributed by atoms with Crippen LogP contribution in [0.5, 0.6) is 5.75 Å². The molecule has 1 amide bonds. The molecule has 164 valence electrons. The van der Waals surface area contributed by atoms with Gasteiger partial charge in [-0.2, -0.15) is 0 Å². The van der Waals surface area contributed by atoms with E-state index in [1.54, 1.807) is 12.1 Å². The Hall–Kier alpha value is -3.24. The fourth-order valence-electron chi connectivity index (χ4n) is 3.62. The minimum Gasteiger partial charge on any atom is -0.507 e. The minimum atomic E-state index is -4.10. The SMILES string of the molecule is NC(=O)c1cc2c(cc1O)NCCOCCCCn1ccc3ccc(cc31)NS2(=O)=O. The van der Waals surface area contributed by atoms with Crippen molar-refractivity contribution in [1.29, 1.82) is 0 Å². The summed E-state index contributed by atoms with van der Waals surface area (Å²) in [4.78, 5) is 11.5. The lowest BCUT2D eigenvalue weighted by Gasteiger charge is -2.17. The number of hydrogen-bond donors (Lipinski definition) is 4. The van der Waals surface area contributed by atoms with Crippen LogP contribution >= 0.6 is 0 Å². The van der Waals surface area contributed by atoms with Crippen LogP contribution in [0.4, 0.5) is 11.4 Å². The summed E-state index contributed by atoms with van der Waals surface area (Å²) in [5.74, 6) is -1.33. The molecule has 1 aliphatic rings. The Bertz CT molecular complexity index is 1240. The molecule has 0 fully saturated rings. The first-order valence-corrected chi connectivity index (χ1v) is 11.4. The molecule has 0 aliphatic carbocycles. The maximum absolute atomic E-state index is 13.2. The highest BCUT2D eigenvalue weighted by atomic mass is 32.2. The quantitative estimate of drug-likeness (QED) is 0.455. The number of sulfonamides is 1. The summed E-state index contributed by atoms with van der Waals surface area (Å²) in [5, 5.41) is 14.1. The summed E-state index contributed by atoms with van der Waals surface area (Å²) in [6.45, 7) is 2.07. The molecule has 0 radical (unpaired) electrons. The number of benzene rings is 2. The van der Waals surface area contributed by atoms with E-state index in [0.717, 1.165) is 36.4 Å². The van der Waals surface area contributed by atoms with E-state index in [1.807, 2.05) is 18.3 Å². The Kier molecular flexibility index (Phi) is 5.75. The maximum atomic E-state index is 13.2. The molecular weight excluding hydrogens is 420 g/mol. The van der Waals surface area contributed by atoms with Crippen LogP contribution in [0.25, 0.3) is 10.9 Å². The summed E-state index contributed by atoms with van der Waals surface area (Å²) in [7, 11) is -4.10. The standard InChI is InChI=1S/C21H24N4O5S/c22-21(27)16-12-20-17(13-19(16)26)23-6-10-30-9-2-1-7-25-8-5-14-3-4-15(11-18(14)25)24-31(20,28)29/h3-5,8,11-13,23-24,26H,1-2,6-7,9-10H2,(H2,22,27). The first-order chi connectivity index (χ1) is 14.8. The zero-order valence-corrected chi connectivity index (χ0v) is 17.6. The summed E-state index contributed by atoms with van der Waals surface area (Å²) < 4.78 is 36.7. The second kappa shape index (κ2) is 8.48. The number of primary amides is 1. The lowest BCUT2D eigenvalue weighted by molar-refractivity contribution is 0.0997. The third-order valence-corrected chi connectivity index (χ3v) is 6.60. The predicted octanol–water partition coefficient (Wildman–Crippen LogP) is 2.47. The summed E-state index contributed by atoms with van der Waals surface area (Å²) in [6, 6.07) is 9.56. The highest BCUT2D eigenvalue weighted by Gasteiger charge is 2.23. The third kappa shape index (κ3) is 4.44. The lowest BCUT2D eigenvalue weighted by atomic mass is 10.1. The zero-order chi connectivity index (χ0) is 22.0. The molecule has 10 heteroatoms. The van der Waals surface area contributed by atoms with E-state index in [9.17, 15) is 18.3 Å². The molecule has 1 aromatic heterocycles. The number of anilines is 2. The number of ether oxygens (including phenoxy) is 1. The van der Waals surface area contributed by atoms with Crippen LogP contribution in [0.15, 0.2) is 47.5 Å². The fourth-order valence-corrected chi connectivity index (χ4v) is 4.87. The van der Waals surface area contributed by atoms with Crippen LogP contribution in [0.1, 0.15) is 23.2 Å². The van der Waals surface area contributed by atoms with Crippen molar-refractivity contribution in [3.8, 4) is 5.75 Å².